The molecule has 3 aromatic carbocycles. The highest BCUT2D eigenvalue weighted by Gasteiger charge is 2.33. The topological polar surface area (TPSA) is 0 Å². The number of unbranched alkanes of at least 4 members (excludes halogenated alkanes) is 9. The molecular formula is C87H132. The predicted molar refractivity (Wildman–Crippen MR) is 381 cm³/mol. The molecule has 3 aromatic rings. The van der Waals surface area contributed by atoms with Crippen LogP contribution in [0.5, 0.6) is 0 Å². The predicted octanol–water partition coefficient (Wildman–Crippen LogP) is 25.7. The molecular weight excluding hydrogens is 1040 g/mol. The minimum Gasteiger partial charge on any atom is -0.0945 e. The number of aryl methyl sites for hydroxylation is 3. The van der Waals surface area contributed by atoms with Crippen LogP contribution in [-0.2, 0) is 19.3 Å². The molecule has 9 rings (SSSR count). The van der Waals surface area contributed by atoms with Crippen molar-refractivity contribution in [3.63, 3.8) is 0 Å². The van der Waals surface area contributed by atoms with E-state index in [2.05, 4.69) is 150 Å². The van der Waals surface area contributed by atoms with Gasteiger partial charge < -0.3 is 0 Å². The Hall–Kier alpha value is -3.66. The van der Waals surface area contributed by atoms with Crippen LogP contribution in [-0.4, -0.2) is 0 Å². The van der Waals surface area contributed by atoms with Crippen molar-refractivity contribution in [3.8, 4) is 35.5 Å². The minimum absolute atomic E-state index is 0.635. The van der Waals surface area contributed by atoms with Crippen LogP contribution in [0.2, 0.25) is 0 Å². The third-order valence-electron chi connectivity index (χ3n) is 23.2. The maximum Gasteiger partial charge on any atom is 0.0245 e. The lowest BCUT2D eigenvalue weighted by Crippen LogP contribution is -2.25. The maximum atomic E-state index is 3.62. The second-order valence-electron chi connectivity index (χ2n) is 29.9. The average Bonchev–Trinajstić information content (AvgIpc) is 3.65. The van der Waals surface area contributed by atoms with Gasteiger partial charge in [-0.2, -0.15) is 0 Å². The van der Waals surface area contributed by atoms with Crippen molar-refractivity contribution in [1.82, 2.24) is 0 Å². The molecule has 0 aromatic heterocycles. The number of benzene rings is 3. The summed E-state index contributed by atoms with van der Waals surface area (Å²) in [4.78, 5) is 0. The molecule has 0 atom stereocenters. The minimum atomic E-state index is 0.635. The molecule has 480 valence electrons. The van der Waals surface area contributed by atoms with E-state index in [1.807, 2.05) is 0 Å². The molecule has 0 unspecified atom stereocenters. The van der Waals surface area contributed by atoms with Gasteiger partial charge in [-0.05, 0) is 260 Å². The third kappa shape index (κ3) is 27.0. The first-order valence-electron chi connectivity index (χ1n) is 38.7. The summed E-state index contributed by atoms with van der Waals surface area (Å²) in [5.74, 6) is 32.4. The highest BCUT2D eigenvalue weighted by molar-refractivity contribution is 5.39. The zero-order valence-corrected chi connectivity index (χ0v) is 57.7. The molecule has 6 saturated carbocycles. The van der Waals surface area contributed by atoms with Crippen molar-refractivity contribution in [2.75, 3.05) is 0 Å². The normalized spacial score (nSPS) is 27.2. The lowest BCUT2D eigenvalue weighted by atomic mass is 9.69. The summed E-state index contributed by atoms with van der Waals surface area (Å²) >= 11 is 0. The summed E-state index contributed by atoms with van der Waals surface area (Å²) in [6, 6.07) is 27.1. The molecule has 6 aliphatic carbocycles. The molecule has 87 heavy (non-hydrogen) atoms. The molecule has 0 N–H and O–H groups in total. The summed E-state index contributed by atoms with van der Waals surface area (Å²) in [5.41, 5.74) is 8.02. The highest BCUT2D eigenvalue weighted by atomic mass is 14.4. The van der Waals surface area contributed by atoms with Crippen molar-refractivity contribution in [2.45, 2.75) is 330 Å². The van der Waals surface area contributed by atoms with Crippen LogP contribution in [0, 0.1) is 107 Å². The zero-order valence-electron chi connectivity index (χ0n) is 57.7. The zero-order chi connectivity index (χ0) is 60.9. The van der Waals surface area contributed by atoms with Crippen LogP contribution in [0.25, 0.3) is 0 Å². The Balaban J connectivity index is 0.000000187. The monoisotopic (exact) mass is 1180 g/mol. The first-order chi connectivity index (χ1) is 42.8. The van der Waals surface area contributed by atoms with Gasteiger partial charge >= 0.3 is 0 Å². The first-order valence-corrected chi connectivity index (χ1v) is 38.7. The van der Waals surface area contributed by atoms with E-state index in [0.29, 0.717) is 17.8 Å². The molecule has 0 saturated heterocycles. The Morgan fingerprint density at radius 2 is 0.483 bits per heavy atom. The summed E-state index contributed by atoms with van der Waals surface area (Å²) in [5, 5.41) is 0. The molecule has 0 amide bonds. The Morgan fingerprint density at radius 1 is 0.241 bits per heavy atom. The summed E-state index contributed by atoms with van der Waals surface area (Å²) in [6.45, 7) is 13.8. The molecule has 0 nitrogen and oxygen atoms in total. The van der Waals surface area contributed by atoms with Gasteiger partial charge in [0.2, 0.25) is 0 Å². The molecule has 0 heteroatoms. The van der Waals surface area contributed by atoms with Crippen LogP contribution in [0.1, 0.15) is 345 Å². The molecule has 0 radical (unpaired) electrons. The smallest absolute Gasteiger partial charge is 0.0245 e. The maximum absolute atomic E-state index is 3.62. The van der Waals surface area contributed by atoms with E-state index in [-0.39, 0.29) is 0 Å². The van der Waals surface area contributed by atoms with E-state index in [0.717, 1.165) is 53.3 Å². The van der Waals surface area contributed by atoms with Gasteiger partial charge in [0.25, 0.3) is 0 Å². The van der Waals surface area contributed by atoms with E-state index >= 15 is 0 Å². The van der Waals surface area contributed by atoms with Crippen molar-refractivity contribution < 1.29 is 0 Å². The molecule has 0 heterocycles. The van der Waals surface area contributed by atoms with Crippen molar-refractivity contribution in [2.24, 2.45) is 71.0 Å². The van der Waals surface area contributed by atoms with Gasteiger partial charge in [0.15, 0.2) is 0 Å². The van der Waals surface area contributed by atoms with E-state index in [4.69, 9.17) is 0 Å². The fourth-order valence-corrected chi connectivity index (χ4v) is 17.2. The molecule has 0 aliphatic heterocycles. The number of rotatable bonds is 24. The van der Waals surface area contributed by atoms with Crippen LogP contribution in [0.3, 0.4) is 0 Å². The van der Waals surface area contributed by atoms with E-state index < -0.39 is 0 Å². The Bertz CT molecular complexity index is 2390. The van der Waals surface area contributed by atoms with Crippen molar-refractivity contribution in [3.05, 3.63) is 106 Å². The van der Waals surface area contributed by atoms with Crippen molar-refractivity contribution >= 4 is 0 Å². The summed E-state index contributed by atoms with van der Waals surface area (Å²) in [6.07, 6.45) is 63.2. The van der Waals surface area contributed by atoms with Crippen LogP contribution in [0.4, 0.5) is 0 Å². The Morgan fingerprint density at radius 3 is 0.747 bits per heavy atom. The number of hydrogen-bond acceptors (Lipinski definition) is 0. The van der Waals surface area contributed by atoms with Gasteiger partial charge in [0, 0.05) is 34.4 Å². The first kappa shape index (κ1) is 70.8. The van der Waals surface area contributed by atoms with Gasteiger partial charge in [-0.15, -0.1) is 0 Å². The molecule has 0 spiro atoms. The fourth-order valence-electron chi connectivity index (χ4n) is 17.2. The quantitative estimate of drug-likeness (QED) is 0.0619. The SMILES string of the molecule is CCCCCc1ccc(C#C[C@H]2CC[C@H]([C@H]3CC[C@H](CCC)CC3)CC2)cc1.CCCCCc1ccc(C#C[C@H]2CC[C@H]([C@H]3CC[C@H](CCCC)CC3)CC2)cc1.CCCCCc1ccc(C#C[C@H]2CC[C@H]([C@H]3CC[C@H](CCCCC)CC3)CC2)cc1. The van der Waals surface area contributed by atoms with E-state index in [9.17, 15) is 0 Å². The summed E-state index contributed by atoms with van der Waals surface area (Å²) in [7, 11) is 0. The van der Waals surface area contributed by atoms with Gasteiger partial charge in [0.05, 0.1) is 0 Å². The lowest BCUT2D eigenvalue weighted by molar-refractivity contribution is 0.153. The largest absolute Gasteiger partial charge is 0.0945 e. The standard InChI is InChI=1S/C30H46.C29H44.C28H42/c1-3-5-7-9-25-11-13-27(14-12-25)15-16-28-19-23-30(24-20-28)29-21-17-26(18-22-29)10-8-6-4-2;1-3-5-7-9-25-10-12-26(13-11-25)14-15-27-18-22-29(23-19-27)28-20-16-24(17-21-28)8-6-4-2;1-3-5-6-8-24-9-11-25(12-10-24)13-14-26-17-21-28(22-18-26)27-19-15-23(7-4-2)16-20-27/h11-14,26,28-30H,3-10,17-24H2,1-2H3;10-13,24,27-29H,3-9,16-23H2,1-2H3;9-12,23,26-28H,3-8,15-22H2,1-2H3/t26-,28-,29-,30-;24-,27-,28-,29-;23-,26-,27-,28-. The second-order valence-corrected chi connectivity index (χ2v) is 29.9. The average molecular weight is 1180 g/mol. The van der Waals surface area contributed by atoms with Gasteiger partial charge in [-0.1, -0.05) is 248 Å². The van der Waals surface area contributed by atoms with E-state index in [1.165, 1.54) is 322 Å². The Kier molecular flexibility index (Phi) is 34.5. The summed E-state index contributed by atoms with van der Waals surface area (Å²) < 4.78 is 0. The van der Waals surface area contributed by atoms with Gasteiger partial charge in [0.1, 0.15) is 0 Å². The molecule has 0 bridgehead atoms. The van der Waals surface area contributed by atoms with Crippen LogP contribution >= 0.6 is 0 Å². The third-order valence-corrected chi connectivity index (χ3v) is 23.2. The van der Waals surface area contributed by atoms with E-state index in [1.54, 1.807) is 0 Å². The molecule has 6 aliphatic rings. The lowest BCUT2D eigenvalue weighted by Gasteiger charge is -2.37. The van der Waals surface area contributed by atoms with Gasteiger partial charge in [-0.25, -0.2) is 0 Å². The fraction of sp³-hybridized carbons (Fsp3) is 0.724. The van der Waals surface area contributed by atoms with Gasteiger partial charge in [-0.3, -0.25) is 0 Å². The Labute approximate surface area is 540 Å². The second kappa shape index (κ2) is 42.4. The van der Waals surface area contributed by atoms with Crippen LogP contribution in [0.15, 0.2) is 72.8 Å². The van der Waals surface area contributed by atoms with Crippen LogP contribution < -0.4 is 0 Å². The number of hydrogen-bond donors (Lipinski definition) is 0. The highest BCUT2D eigenvalue weighted by Crippen LogP contribution is 2.45. The van der Waals surface area contributed by atoms with Crippen molar-refractivity contribution in [1.29, 1.82) is 0 Å². The molecule has 6 fully saturated rings.